The highest BCUT2D eigenvalue weighted by atomic mass is 16.2. The van der Waals surface area contributed by atoms with Crippen LogP contribution in [0, 0.1) is 5.92 Å². The molecule has 0 aromatic heterocycles. The molecule has 0 bridgehead atoms. The number of carbonyl (C=O) groups excluding carboxylic acids is 2. The maximum absolute atomic E-state index is 12.2. The molecule has 1 atom stereocenters. The van der Waals surface area contributed by atoms with Crippen LogP contribution in [0.2, 0.25) is 0 Å². The summed E-state index contributed by atoms with van der Waals surface area (Å²) in [6.45, 7) is 11.9. The maximum Gasteiger partial charge on any atom is 0.320 e. The molecule has 1 rings (SSSR count). The van der Waals surface area contributed by atoms with Gasteiger partial charge in [-0.15, -0.1) is 0 Å². The Labute approximate surface area is 128 Å². The summed E-state index contributed by atoms with van der Waals surface area (Å²) < 4.78 is 0. The Hall–Kier alpha value is -1.30. The minimum Gasteiger partial charge on any atom is -0.338 e. The van der Waals surface area contributed by atoms with Crippen molar-refractivity contribution >= 4 is 11.9 Å². The van der Waals surface area contributed by atoms with Crippen LogP contribution in [0.5, 0.6) is 0 Å². The molecule has 0 unspecified atom stereocenters. The van der Waals surface area contributed by atoms with Crippen molar-refractivity contribution in [3.63, 3.8) is 0 Å². The molecule has 0 aromatic carbocycles. The molecule has 0 aromatic rings. The fourth-order valence-corrected chi connectivity index (χ4v) is 2.66. The number of nitrogens with zero attached hydrogens (tertiary/aromatic N) is 3. The number of hydrogen-bond acceptors (Lipinski definition) is 3. The monoisotopic (exact) mass is 298 g/mol. The molecule has 1 heterocycles. The van der Waals surface area contributed by atoms with Crippen LogP contribution < -0.4 is 5.73 Å². The Kier molecular flexibility index (Phi) is 6.95. The average molecular weight is 298 g/mol. The third kappa shape index (κ3) is 4.88. The second-order valence-electron chi connectivity index (χ2n) is 6.00. The van der Waals surface area contributed by atoms with Gasteiger partial charge in [0.25, 0.3) is 0 Å². The molecule has 122 valence electrons. The number of hydrogen-bond donors (Lipinski definition) is 1. The summed E-state index contributed by atoms with van der Waals surface area (Å²) in [6, 6.07) is -0.353. The van der Waals surface area contributed by atoms with Gasteiger partial charge in [-0.1, -0.05) is 13.8 Å². The molecular formula is C15H30N4O2. The first-order chi connectivity index (χ1) is 9.90. The quantitative estimate of drug-likeness (QED) is 0.822. The van der Waals surface area contributed by atoms with E-state index in [4.69, 9.17) is 5.73 Å². The summed E-state index contributed by atoms with van der Waals surface area (Å²) in [4.78, 5) is 29.9. The number of nitrogens with two attached hydrogens (primary N) is 1. The topological polar surface area (TPSA) is 69.9 Å². The van der Waals surface area contributed by atoms with Crippen LogP contribution in [0.3, 0.4) is 0 Å². The molecule has 0 saturated carbocycles. The van der Waals surface area contributed by atoms with Crippen LogP contribution in [0.15, 0.2) is 0 Å². The zero-order chi connectivity index (χ0) is 16.0. The minimum atomic E-state index is -0.421. The first-order valence-corrected chi connectivity index (χ1v) is 7.98. The highest BCUT2D eigenvalue weighted by Gasteiger charge is 2.28. The van der Waals surface area contributed by atoms with Crippen molar-refractivity contribution in [1.82, 2.24) is 14.7 Å². The van der Waals surface area contributed by atoms with Gasteiger partial charge in [-0.2, -0.15) is 0 Å². The van der Waals surface area contributed by atoms with E-state index in [1.165, 1.54) is 0 Å². The maximum atomic E-state index is 12.2. The van der Waals surface area contributed by atoms with Gasteiger partial charge in [0.1, 0.15) is 0 Å². The highest BCUT2D eigenvalue weighted by Crippen LogP contribution is 2.10. The van der Waals surface area contributed by atoms with Gasteiger partial charge in [0.2, 0.25) is 5.91 Å². The Bertz CT molecular complexity index is 348. The number of rotatable bonds is 5. The summed E-state index contributed by atoms with van der Waals surface area (Å²) >= 11 is 0. The van der Waals surface area contributed by atoms with E-state index in [1.54, 1.807) is 4.90 Å². The second-order valence-corrected chi connectivity index (χ2v) is 6.00. The average Bonchev–Trinajstić information content (AvgIpc) is 2.47. The molecule has 6 nitrogen and oxygen atoms in total. The molecule has 3 amide bonds. The largest absolute Gasteiger partial charge is 0.338 e. The summed E-state index contributed by atoms with van der Waals surface area (Å²) in [5, 5.41) is 0. The van der Waals surface area contributed by atoms with Crippen LogP contribution in [0.4, 0.5) is 4.79 Å². The summed E-state index contributed by atoms with van der Waals surface area (Å²) in [6.07, 6.45) is 0.706. The Morgan fingerprint density at radius 3 is 1.95 bits per heavy atom. The van der Waals surface area contributed by atoms with Crippen molar-refractivity contribution in [2.45, 2.75) is 40.2 Å². The van der Waals surface area contributed by atoms with Crippen molar-refractivity contribution in [3.8, 4) is 0 Å². The van der Waals surface area contributed by atoms with Crippen molar-refractivity contribution in [1.29, 1.82) is 0 Å². The lowest BCUT2D eigenvalue weighted by molar-refractivity contribution is -0.134. The SMILES string of the molecule is CCN(CC)C(=O)N1CCN(C(=O)[C@H](N)CC(C)C)CC1. The third-order valence-electron chi connectivity index (χ3n) is 3.94. The Balaban J connectivity index is 2.48. The predicted molar refractivity (Wildman–Crippen MR) is 83.9 cm³/mol. The molecule has 21 heavy (non-hydrogen) atoms. The van der Waals surface area contributed by atoms with Gasteiger partial charge in [0, 0.05) is 39.3 Å². The van der Waals surface area contributed by atoms with E-state index in [1.807, 2.05) is 23.6 Å². The number of urea groups is 1. The molecule has 2 N–H and O–H groups in total. The lowest BCUT2D eigenvalue weighted by Crippen LogP contribution is -2.56. The zero-order valence-corrected chi connectivity index (χ0v) is 13.8. The molecule has 0 spiro atoms. The smallest absolute Gasteiger partial charge is 0.320 e. The van der Waals surface area contributed by atoms with Gasteiger partial charge < -0.3 is 20.4 Å². The zero-order valence-electron chi connectivity index (χ0n) is 13.8. The van der Waals surface area contributed by atoms with Crippen LogP contribution in [-0.2, 0) is 4.79 Å². The van der Waals surface area contributed by atoms with Gasteiger partial charge >= 0.3 is 6.03 Å². The van der Waals surface area contributed by atoms with Crippen molar-refractivity contribution in [2.75, 3.05) is 39.3 Å². The van der Waals surface area contributed by atoms with Crippen molar-refractivity contribution in [3.05, 3.63) is 0 Å². The highest BCUT2D eigenvalue weighted by molar-refractivity contribution is 5.82. The summed E-state index contributed by atoms with van der Waals surface area (Å²) in [5.41, 5.74) is 5.95. The molecule has 0 radical (unpaired) electrons. The van der Waals surface area contributed by atoms with Crippen molar-refractivity contribution in [2.24, 2.45) is 11.7 Å². The lowest BCUT2D eigenvalue weighted by Gasteiger charge is -2.38. The molecule has 0 aliphatic carbocycles. The number of carbonyl (C=O) groups is 2. The van der Waals surface area contributed by atoms with E-state index in [-0.39, 0.29) is 11.9 Å². The molecule has 1 aliphatic rings. The van der Waals surface area contributed by atoms with Gasteiger partial charge in [0.15, 0.2) is 0 Å². The standard InChI is InChI=1S/C15H30N4O2/c1-5-17(6-2)15(21)19-9-7-18(8-10-19)14(20)13(16)11-12(3)4/h12-13H,5-11,16H2,1-4H3/t13-/m1/s1. The van der Waals surface area contributed by atoms with E-state index in [9.17, 15) is 9.59 Å². The van der Waals surface area contributed by atoms with Gasteiger partial charge in [-0.3, -0.25) is 4.79 Å². The Morgan fingerprint density at radius 1 is 1.05 bits per heavy atom. The van der Waals surface area contributed by atoms with Crippen LogP contribution in [0.1, 0.15) is 34.1 Å². The second kappa shape index (κ2) is 8.22. The first kappa shape index (κ1) is 17.8. The Morgan fingerprint density at radius 2 is 1.52 bits per heavy atom. The normalized spacial score (nSPS) is 17.0. The van der Waals surface area contributed by atoms with Gasteiger partial charge in [-0.25, -0.2) is 4.79 Å². The lowest BCUT2D eigenvalue weighted by atomic mass is 10.0. The third-order valence-corrected chi connectivity index (χ3v) is 3.94. The fourth-order valence-electron chi connectivity index (χ4n) is 2.66. The van der Waals surface area contributed by atoms with Crippen molar-refractivity contribution < 1.29 is 9.59 Å². The summed E-state index contributed by atoms with van der Waals surface area (Å²) in [5.74, 6) is 0.424. The van der Waals surface area contributed by atoms with E-state index < -0.39 is 6.04 Å². The van der Waals surface area contributed by atoms with E-state index in [0.717, 1.165) is 0 Å². The van der Waals surface area contributed by atoms with Crippen LogP contribution in [0.25, 0.3) is 0 Å². The molecular weight excluding hydrogens is 268 g/mol. The number of piperazine rings is 1. The summed E-state index contributed by atoms with van der Waals surface area (Å²) in [7, 11) is 0. The number of amides is 3. The molecule has 1 saturated heterocycles. The fraction of sp³-hybridized carbons (Fsp3) is 0.867. The van der Waals surface area contributed by atoms with E-state index >= 15 is 0 Å². The molecule has 1 fully saturated rings. The van der Waals surface area contributed by atoms with Gasteiger partial charge in [-0.05, 0) is 26.2 Å². The first-order valence-electron chi connectivity index (χ1n) is 7.98. The van der Waals surface area contributed by atoms with Crippen LogP contribution >= 0.6 is 0 Å². The van der Waals surface area contributed by atoms with Gasteiger partial charge in [0.05, 0.1) is 6.04 Å². The predicted octanol–water partition coefficient (Wildman–Crippen LogP) is 0.966. The van der Waals surface area contributed by atoms with E-state index in [0.29, 0.717) is 51.6 Å². The minimum absolute atomic E-state index is 0.0126. The molecule has 1 aliphatic heterocycles. The molecule has 6 heteroatoms. The van der Waals surface area contributed by atoms with Crippen LogP contribution in [-0.4, -0.2) is 71.9 Å². The van der Waals surface area contributed by atoms with E-state index in [2.05, 4.69) is 13.8 Å².